The summed E-state index contributed by atoms with van der Waals surface area (Å²) in [5, 5.41) is 0. The zero-order chi connectivity index (χ0) is 19.4. The van der Waals surface area contributed by atoms with Crippen LogP contribution in [-0.2, 0) is 16.0 Å². The van der Waals surface area contributed by atoms with Gasteiger partial charge in [0.2, 0.25) is 11.8 Å². The van der Waals surface area contributed by atoms with E-state index >= 15 is 0 Å². The van der Waals surface area contributed by atoms with Crippen molar-refractivity contribution in [1.82, 2.24) is 14.8 Å². The Hall–Kier alpha value is -2.90. The Morgan fingerprint density at radius 3 is 2.59 bits per heavy atom. The maximum absolute atomic E-state index is 13.4. The van der Waals surface area contributed by atoms with E-state index in [0.29, 0.717) is 55.7 Å². The number of oxazole rings is 1. The van der Waals surface area contributed by atoms with Crippen LogP contribution in [0.2, 0.25) is 0 Å². The van der Waals surface area contributed by atoms with Crippen molar-refractivity contribution in [2.24, 2.45) is 0 Å². The summed E-state index contributed by atoms with van der Waals surface area (Å²) < 4.78 is 24.0. The van der Waals surface area contributed by atoms with Gasteiger partial charge in [-0.05, 0) is 32.0 Å². The highest BCUT2D eigenvalue weighted by atomic mass is 19.1. The largest absolute Gasteiger partial charge is 0.450 e. The summed E-state index contributed by atoms with van der Waals surface area (Å²) in [6.07, 6.45) is -0.249. The summed E-state index contributed by atoms with van der Waals surface area (Å²) in [5.74, 6) is 0.371. The van der Waals surface area contributed by atoms with Gasteiger partial charge in [0.1, 0.15) is 11.6 Å². The van der Waals surface area contributed by atoms with Gasteiger partial charge in [-0.25, -0.2) is 14.2 Å². The molecule has 144 valence electrons. The van der Waals surface area contributed by atoms with Crippen molar-refractivity contribution in [2.75, 3.05) is 32.8 Å². The lowest BCUT2D eigenvalue weighted by Gasteiger charge is -2.34. The molecule has 0 atom stereocenters. The first kappa shape index (κ1) is 18.9. The van der Waals surface area contributed by atoms with Gasteiger partial charge in [0, 0.05) is 31.7 Å². The third-order valence-corrected chi connectivity index (χ3v) is 4.44. The molecule has 0 spiro atoms. The van der Waals surface area contributed by atoms with Crippen LogP contribution in [0.3, 0.4) is 0 Å². The summed E-state index contributed by atoms with van der Waals surface area (Å²) in [6, 6.07) is 5.97. The molecule has 0 bridgehead atoms. The van der Waals surface area contributed by atoms with Crippen molar-refractivity contribution in [2.45, 2.75) is 20.3 Å². The summed E-state index contributed by atoms with van der Waals surface area (Å²) >= 11 is 0. The Kier molecular flexibility index (Phi) is 5.73. The molecule has 1 aliphatic heterocycles. The number of piperazine rings is 1. The average Bonchev–Trinajstić information content (AvgIpc) is 3.02. The summed E-state index contributed by atoms with van der Waals surface area (Å²) in [7, 11) is 0. The normalized spacial score (nSPS) is 14.3. The maximum atomic E-state index is 13.4. The van der Waals surface area contributed by atoms with Crippen LogP contribution < -0.4 is 0 Å². The quantitative estimate of drug-likeness (QED) is 0.821. The number of hydrogen-bond acceptors (Lipinski definition) is 5. The first-order valence-corrected chi connectivity index (χ1v) is 8.89. The molecule has 0 aliphatic carbocycles. The van der Waals surface area contributed by atoms with Gasteiger partial charge in [-0.15, -0.1) is 0 Å². The van der Waals surface area contributed by atoms with Crippen molar-refractivity contribution >= 4 is 12.0 Å². The standard InChI is InChI=1S/C19H22FN3O4/c1-3-26-19(25)23-9-7-22(8-10-23)17(24)12-16-13(2)27-18(21-16)14-5-4-6-15(20)11-14/h4-6,11H,3,7-10,12H2,1-2H3. The topological polar surface area (TPSA) is 75.9 Å². The highest BCUT2D eigenvalue weighted by molar-refractivity contribution is 5.79. The molecule has 0 unspecified atom stereocenters. The monoisotopic (exact) mass is 375 g/mol. The number of aromatic nitrogens is 1. The highest BCUT2D eigenvalue weighted by Gasteiger charge is 2.26. The van der Waals surface area contributed by atoms with Crippen LogP contribution in [0, 0.1) is 12.7 Å². The smallest absolute Gasteiger partial charge is 0.409 e. The minimum absolute atomic E-state index is 0.0827. The molecule has 1 aromatic carbocycles. The molecule has 0 N–H and O–H groups in total. The highest BCUT2D eigenvalue weighted by Crippen LogP contribution is 2.23. The van der Waals surface area contributed by atoms with Crippen LogP contribution in [0.5, 0.6) is 0 Å². The van der Waals surface area contributed by atoms with Crippen molar-refractivity contribution in [1.29, 1.82) is 0 Å². The molecular formula is C19H22FN3O4. The Bertz CT molecular complexity index is 828. The molecule has 8 heteroatoms. The van der Waals surface area contributed by atoms with Crippen molar-refractivity contribution in [3.8, 4) is 11.5 Å². The Balaban J connectivity index is 1.61. The zero-order valence-corrected chi connectivity index (χ0v) is 15.4. The number of aryl methyl sites for hydroxylation is 1. The molecule has 1 fully saturated rings. The molecule has 1 aliphatic rings. The molecule has 7 nitrogen and oxygen atoms in total. The molecule has 0 radical (unpaired) electrons. The van der Waals surface area contributed by atoms with Gasteiger partial charge in [-0.2, -0.15) is 0 Å². The lowest BCUT2D eigenvalue weighted by atomic mass is 10.2. The minimum Gasteiger partial charge on any atom is -0.450 e. The molecule has 1 saturated heterocycles. The molecular weight excluding hydrogens is 353 g/mol. The molecule has 1 aromatic heterocycles. The van der Waals surface area contributed by atoms with Crippen molar-refractivity contribution in [3.63, 3.8) is 0 Å². The van der Waals surface area contributed by atoms with Crippen LogP contribution >= 0.6 is 0 Å². The van der Waals surface area contributed by atoms with Crippen LogP contribution in [0.4, 0.5) is 9.18 Å². The number of nitrogens with zero attached hydrogens (tertiary/aromatic N) is 3. The molecule has 3 rings (SSSR count). The Morgan fingerprint density at radius 2 is 1.93 bits per heavy atom. The molecule has 2 amide bonds. The van der Waals surface area contributed by atoms with Gasteiger partial charge in [-0.1, -0.05) is 6.07 Å². The van der Waals surface area contributed by atoms with Gasteiger partial charge < -0.3 is 19.0 Å². The number of carbonyl (C=O) groups excluding carboxylic acids is 2. The lowest BCUT2D eigenvalue weighted by molar-refractivity contribution is -0.132. The van der Waals surface area contributed by atoms with E-state index < -0.39 is 0 Å². The number of ether oxygens (including phenoxy) is 1. The second-order valence-corrected chi connectivity index (χ2v) is 6.28. The van der Waals surface area contributed by atoms with Gasteiger partial charge in [-0.3, -0.25) is 4.79 Å². The predicted octanol–water partition coefficient (Wildman–Crippen LogP) is 2.63. The third kappa shape index (κ3) is 4.45. The maximum Gasteiger partial charge on any atom is 0.409 e. The van der Waals surface area contributed by atoms with E-state index in [4.69, 9.17) is 9.15 Å². The summed E-state index contributed by atoms with van der Waals surface area (Å²) in [6.45, 7) is 5.61. The van der Waals surface area contributed by atoms with E-state index in [1.165, 1.54) is 12.1 Å². The van der Waals surface area contributed by atoms with Crippen molar-refractivity contribution < 1.29 is 23.1 Å². The number of amides is 2. The van der Waals surface area contributed by atoms with E-state index in [1.54, 1.807) is 35.8 Å². The number of benzene rings is 1. The SMILES string of the molecule is CCOC(=O)N1CCN(C(=O)Cc2nc(-c3cccc(F)c3)oc2C)CC1. The van der Waals surface area contributed by atoms with Gasteiger partial charge in [0.15, 0.2) is 0 Å². The zero-order valence-electron chi connectivity index (χ0n) is 15.4. The number of rotatable bonds is 4. The first-order valence-electron chi connectivity index (χ1n) is 8.89. The van der Waals surface area contributed by atoms with Crippen molar-refractivity contribution in [3.05, 3.63) is 41.5 Å². The molecule has 27 heavy (non-hydrogen) atoms. The van der Waals surface area contributed by atoms with Crippen LogP contribution in [0.25, 0.3) is 11.5 Å². The van der Waals surface area contributed by atoms with Gasteiger partial charge in [0.05, 0.1) is 18.7 Å². The molecule has 2 aromatic rings. The van der Waals surface area contributed by atoms with Crippen LogP contribution in [0.1, 0.15) is 18.4 Å². The molecule has 2 heterocycles. The third-order valence-electron chi connectivity index (χ3n) is 4.44. The number of halogens is 1. The van der Waals surface area contributed by atoms with E-state index in [2.05, 4.69) is 4.98 Å². The average molecular weight is 375 g/mol. The minimum atomic E-state index is -0.375. The van der Waals surface area contributed by atoms with Gasteiger partial charge in [0.25, 0.3) is 0 Å². The fourth-order valence-electron chi connectivity index (χ4n) is 2.95. The summed E-state index contributed by atoms with van der Waals surface area (Å²) in [5.41, 5.74) is 1.06. The Labute approximate surface area is 156 Å². The van der Waals surface area contributed by atoms with E-state index in [9.17, 15) is 14.0 Å². The van der Waals surface area contributed by atoms with E-state index in [0.717, 1.165) is 0 Å². The fourth-order valence-corrected chi connectivity index (χ4v) is 2.95. The van der Waals surface area contributed by atoms with Gasteiger partial charge >= 0.3 is 6.09 Å². The Morgan fingerprint density at radius 1 is 1.22 bits per heavy atom. The van der Waals surface area contributed by atoms with Crippen LogP contribution in [0.15, 0.2) is 28.7 Å². The number of hydrogen-bond donors (Lipinski definition) is 0. The van der Waals surface area contributed by atoms with E-state index in [-0.39, 0.29) is 24.2 Å². The molecule has 0 saturated carbocycles. The second kappa shape index (κ2) is 8.20. The fraction of sp³-hybridized carbons (Fsp3) is 0.421. The summed E-state index contributed by atoms with van der Waals surface area (Å²) in [4.78, 5) is 31.9. The number of carbonyl (C=O) groups is 2. The first-order chi connectivity index (χ1) is 13.0. The van der Waals surface area contributed by atoms with Crippen LogP contribution in [-0.4, -0.2) is 59.6 Å². The lowest BCUT2D eigenvalue weighted by Crippen LogP contribution is -2.51. The van der Waals surface area contributed by atoms with E-state index in [1.807, 2.05) is 0 Å². The predicted molar refractivity (Wildman–Crippen MR) is 95.5 cm³/mol. The second-order valence-electron chi connectivity index (χ2n) is 6.28.